The zero-order chi connectivity index (χ0) is 13.9. The van der Waals surface area contributed by atoms with Crippen molar-refractivity contribution in [3.63, 3.8) is 0 Å². The van der Waals surface area contributed by atoms with Crippen LogP contribution in [-0.4, -0.2) is 26.9 Å². The van der Waals surface area contributed by atoms with Gasteiger partial charge in [0, 0.05) is 19.8 Å². The number of nitrogens with one attached hydrogen (secondary N) is 1. The summed E-state index contributed by atoms with van der Waals surface area (Å²) in [6, 6.07) is 8.72. The van der Waals surface area contributed by atoms with Crippen molar-refractivity contribution in [1.29, 1.82) is 0 Å². The van der Waals surface area contributed by atoms with E-state index in [1.807, 2.05) is 6.07 Å². The van der Waals surface area contributed by atoms with E-state index in [4.69, 9.17) is 9.47 Å². The molecule has 0 fully saturated rings. The lowest BCUT2D eigenvalue weighted by atomic mass is 10.1. The number of benzene rings is 1. The van der Waals surface area contributed by atoms with Gasteiger partial charge in [-0.25, -0.2) is 0 Å². The first kappa shape index (κ1) is 16.0. The van der Waals surface area contributed by atoms with Crippen LogP contribution in [0.1, 0.15) is 44.7 Å². The fourth-order valence-electron chi connectivity index (χ4n) is 1.89. The van der Waals surface area contributed by atoms with Gasteiger partial charge in [-0.05, 0) is 50.4 Å². The minimum atomic E-state index is 0.372. The molecule has 0 bridgehead atoms. The van der Waals surface area contributed by atoms with Crippen LogP contribution in [-0.2, 0) is 4.74 Å². The van der Waals surface area contributed by atoms with E-state index in [-0.39, 0.29) is 0 Å². The number of unbranched alkanes of at least 4 members (excludes halogenated alkanes) is 1. The molecule has 0 radical (unpaired) electrons. The number of hydrogen-bond donors (Lipinski definition) is 1. The van der Waals surface area contributed by atoms with Gasteiger partial charge in [0.1, 0.15) is 5.75 Å². The van der Waals surface area contributed by atoms with Crippen molar-refractivity contribution in [3.8, 4) is 5.75 Å². The Balaban J connectivity index is 2.38. The zero-order valence-electron chi connectivity index (χ0n) is 12.4. The molecule has 0 aliphatic rings. The van der Waals surface area contributed by atoms with E-state index >= 15 is 0 Å². The Hall–Kier alpha value is -1.06. The third-order valence-electron chi connectivity index (χ3n) is 3.07. The maximum atomic E-state index is 5.76. The predicted octanol–water partition coefficient (Wildman–Crippen LogP) is 3.55. The van der Waals surface area contributed by atoms with Crippen molar-refractivity contribution >= 4 is 0 Å². The van der Waals surface area contributed by atoms with Gasteiger partial charge in [0.15, 0.2) is 0 Å². The lowest BCUT2D eigenvalue weighted by Crippen LogP contribution is -2.19. The lowest BCUT2D eigenvalue weighted by Gasteiger charge is -2.15. The quantitative estimate of drug-likeness (QED) is 0.656. The molecule has 0 aromatic heterocycles. The van der Waals surface area contributed by atoms with E-state index in [9.17, 15) is 0 Å². The van der Waals surface area contributed by atoms with Crippen molar-refractivity contribution < 1.29 is 9.47 Å². The standard InChI is InChI=1S/C16H27NO2/c1-4-10-17-14(2)15-8-7-9-16(13-15)19-12-6-5-11-18-3/h7-9,13-14,17H,4-6,10-12H2,1-3H3. The fraction of sp³-hybridized carbons (Fsp3) is 0.625. The van der Waals surface area contributed by atoms with Gasteiger partial charge in [0.25, 0.3) is 0 Å². The molecule has 0 heterocycles. The number of ether oxygens (including phenoxy) is 2. The van der Waals surface area contributed by atoms with Crippen LogP contribution in [0.2, 0.25) is 0 Å². The second kappa shape index (κ2) is 9.82. The summed E-state index contributed by atoms with van der Waals surface area (Å²) >= 11 is 0. The van der Waals surface area contributed by atoms with Crippen LogP contribution in [0.3, 0.4) is 0 Å². The molecule has 0 saturated heterocycles. The van der Waals surface area contributed by atoms with Crippen molar-refractivity contribution in [2.45, 2.75) is 39.2 Å². The molecule has 1 atom stereocenters. The summed E-state index contributed by atoms with van der Waals surface area (Å²) in [5.41, 5.74) is 1.28. The highest BCUT2D eigenvalue weighted by Crippen LogP contribution is 2.19. The molecule has 0 aliphatic heterocycles. The summed E-state index contributed by atoms with van der Waals surface area (Å²) in [5, 5.41) is 3.49. The van der Waals surface area contributed by atoms with Gasteiger partial charge in [0.05, 0.1) is 6.61 Å². The van der Waals surface area contributed by atoms with Gasteiger partial charge >= 0.3 is 0 Å². The third kappa shape index (κ3) is 6.60. The van der Waals surface area contributed by atoms with Crippen LogP contribution >= 0.6 is 0 Å². The first-order valence-electron chi connectivity index (χ1n) is 7.23. The number of rotatable bonds is 10. The van der Waals surface area contributed by atoms with E-state index in [1.165, 1.54) is 5.56 Å². The lowest BCUT2D eigenvalue weighted by molar-refractivity contribution is 0.184. The van der Waals surface area contributed by atoms with Crippen molar-refractivity contribution in [1.82, 2.24) is 5.32 Å². The Labute approximate surface area is 117 Å². The largest absolute Gasteiger partial charge is 0.494 e. The van der Waals surface area contributed by atoms with E-state index in [1.54, 1.807) is 7.11 Å². The summed E-state index contributed by atoms with van der Waals surface area (Å²) in [4.78, 5) is 0. The van der Waals surface area contributed by atoms with Gasteiger partial charge in [-0.15, -0.1) is 0 Å². The minimum Gasteiger partial charge on any atom is -0.494 e. The normalized spacial score (nSPS) is 12.4. The van der Waals surface area contributed by atoms with Gasteiger partial charge in [-0.1, -0.05) is 19.1 Å². The van der Waals surface area contributed by atoms with Crippen LogP contribution in [0.4, 0.5) is 0 Å². The third-order valence-corrected chi connectivity index (χ3v) is 3.07. The summed E-state index contributed by atoms with van der Waals surface area (Å²) in [7, 11) is 1.73. The Bertz CT molecular complexity index is 341. The molecule has 19 heavy (non-hydrogen) atoms. The topological polar surface area (TPSA) is 30.5 Å². The molecule has 1 N–H and O–H groups in total. The Morgan fingerprint density at radius 3 is 2.74 bits per heavy atom. The van der Waals surface area contributed by atoms with Crippen LogP contribution < -0.4 is 10.1 Å². The average molecular weight is 265 g/mol. The van der Waals surface area contributed by atoms with Crippen molar-refractivity contribution in [2.75, 3.05) is 26.9 Å². The Kier molecular flexibility index (Phi) is 8.26. The monoisotopic (exact) mass is 265 g/mol. The van der Waals surface area contributed by atoms with E-state index in [2.05, 4.69) is 37.4 Å². The molecule has 1 unspecified atom stereocenters. The highest BCUT2D eigenvalue weighted by atomic mass is 16.5. The number of hydrogen-bond acceptors (Lipinski definition) is 3. The molecule has 0 saturated carbocycles. The highest BCUT2D eigenvalue weighted by molar-refractivity contribution is 5.30. The Morgan fingerprint density at radius 2 is 2.00 bits per heavy atom. The van der Waals surface area contributed by atoms with Crippen LogP contribution in [0.15, 0.2) is 24.3 Å². The molecular weight excluding hydrogens is 238 g/mol. The second-order valence-corrected chi connectivity index (χ2v) is 4.80. The van der Waals surface area contributed by atoms with Gasteiger partial charge in [-0.2, -0.15) is 0 Å². The predicted molar refractivity (Wildman–Crippen MR) is 79.8 cm³/mol. The summed E-state index contributed by atoms with van der Waals surface area (Å²) in [5.74, 6) is 0.958. The molecule has 0 spiro atoms. The van der Waals surface area contributed by atoms with E-state index in [0.29, 0.717) is 6.04 Å². The molecule has 3 heteroatoms. The molecule has 1 aromatic rings. The molecule has 1 rings (SSSR count). The first-order chi connectivity index (χ1) is 9.27. The molecule has 3 nitrogen and oxygen atoms in total. The molecule has 0 amide bonds. The number of methoxy groups -OCH3 is 1. The molecule has 1 aromatic carbocycles. The summed E-state index contributed by atoms with van der Waals surface area (Å²) < 4.78 is 10.8. The SMILES string of the molecule is CCCNC(C)c1cccc(OCCCCOC)c1. The average Bonchev–Trinajstić information content (AvgIpc) is 2.45. The Morgan fingerprint density at radius 1 is 1.21 bits per heavy atom. The summed E-state index contributed by atoms with van der Waals surface area (Å²) in [6.45, 7) is 6.97. The summed E-state index contributed by atoms with van der Waals surface area (Å²) in [6.07, 6.45) is 3.23. The van der Waals surface area contributed by atoms with Crippen molar-refractivity contribution in [2.24, 2.45) is 0 Å². The van der Waals surface area contributed by atoms with E-state index < -0.39 is 0 Å². The molecular formula is C16H27NO2. The smallest absolute Gasteiger partial charge is 0.119 e. The second-order valence-electron chi connectivity index (χ2n) is 4.80. The van der Waals surface area contributed by atoms with Crippen molar-refractivity contribution in [3.05, 3.63) is 29.8 Å². The maximum Gasteiger partial charge on any atom is 0.119 e. The zero-order valence-corrected chi connectivity index (χ0v) is 12.4. The van der Waals surface area contributed by atoms with Gasteiger partial charge in [0.2, 0.25) is 0 Å². The van der Waals surface area contributed by atoms with E-state index in [0.717, 1.165) is 44.8 Å². The molecule has 0 aliphatic carbocycles. The highest BCUT2D eigenvalue weighted by Gasteiger charge is 2.05. The fourth-order valence-corrected chi connectivity index (χ4v) is 1.89. The minimum absolute atomic E-state index is 0.372. The van der Waals surface area contributed by atoms with Crippen LogP contribution in [0, 0.1) is 0 Å². The van der Waals surface area contributed by atoms with Gasteiger partial charge < -0.3 is 14.8 Å². The van der Waals surface area contributed by atoms with Crippen LogP contribution in [0.5, 0.6) is 5.75 Å². The molecule has 108 valence electrons. The van der Waals surface area contributed by atoms with Crippen LogP contribution in [0.25, 0.3) is 0 Å². The van der Waals surface area contributed by atoms with Gasteiger partial charge in [-0.3, -0.25) is 0 Å². The first-order valence-corrected chi connectivity index (χ1v) is 7.23. The maximum absolute atomic E-state index is 5.76.